The number of aromatic nitrogens is 2. The van der Waals surface area contributed by atoms with Gasteiger partial charge >= 0.3 is 6.09 Å². The van der Waals surface area contributed by atoms with E-state index in [4.69, 9.17) is 9.47 Å². The highest BCUT2D eigenvalue weighted by Gasteiger charge is 2.25. The predicted octanol–water partition coefficient (Wildman–Crippen LogP) is 2.73. The number of anilines is 1. The fourth-order valence-corrected chi connectivity index (χ4v) is 2.50. The zero-order valence-electron chi connectivity index (χ0n) is 14.3. The molecule has 0 aliphatic heterocycles. The summed E-state index contributed by atoms with van der Waals surface area (Å²) in [4.78, 5) is 20.1. The van der Waals surface area contributed by atoms with Crippen LogP contribution in [0.25, 0.3) is 0 Å². The standard InChI is InChI=1S/C16H26N4O3/c1-16(2,3)23-15(21)19-11-5-7-12(8-6-11)22-13-9-10-18-14(17-4)20-13/h9-12H,5-8H2,1-4H3,(H,19,21)(H,17,18,20). The molecule has 0 unspecified atom stereocenters. The van der Waals surface area contributed by atoms with Crippen LogP contribution >= 0.6 is 0 Å². The maximum absolute atomic E-state index is 11.8. The van der Waals surface area contributed by atoms with Gasteiger partial charge in [0.25, 0.3) is 0 Å². The number of nitrogens with zero attached hydrogens (tertiary/aromatic N) is 2. The minimum Gasteiger partial charge on any atom is -0.474 e. The van der Waals surface area contributed by atoms with Gasteiger partial charge < -0.3 is 20.1 Å². The maximum atomic E-state index is 11.8. The molecule has 1 aliphatic carbocycles. The van der Waals surface area contributed by atoms with Crippen molar-refractivity contribution in [3.05, 3.63) is 12.3 Å². The molecular weight excluding hydrogens is 296 g/mol. The largest absolute Gasteiger partial charge is 0.474 e. The molecule has 1 fully saturated rings. The molecule has 1 aromatic rings. The number of rotatable bonds is 4. The van der Waals surface area contributed by atoms with Crippen molar-refractivity contribution < 1.29 is 14.3 Å². The zero-order valence-corrected chi connectivity index (χ0v) is 14.3. The lowest BCUT2D eigenvalue weighted by Gasteiger charge is -2.30. The summed E-state index contributed by atoms with van der Waals surface area (Å²) in [5.74, 6) is 1.12. The van der Waals surface area contributed by atoms with Crippen molar-refractivity contribution in [2.45, 2.75) is 64.2 Å². The molecule has 0 bridgehead atoms. The highest BCUT2D eigenvalue weighted by Crippen LogP contribution is 2.23. The van der Waals surface area contributed by atoms with E-state index in [1.54, 1.807) is 19.3 Å². The van der Waals surface area contributed by atoms with Gasteiger partial charge in [-0.3, -0.25) is 0 Å². The Kier molecular flexibility index (Phi) is 5.63. The Morgan fingerprint density at radius 3 is 2.57 bits per heavy atom. The van der Waals surface area contributed by atoms with Crippen LogP contribution in [0.15, 0.2) is 12.3 Å². The first-order chi connectivity index (χ1) is 10.9. The van der Waals surface area contributed by atoms with E-state index in [1.165, 1.54) is 0 Å². The first-order valence-electron chi connectivity index (χ1n) is 8.02. The number of hydrogen-bond donors (Lipinski definition) is 2. The molecule has 0 radical (unpaired) electrons. The first kappa shape index (κ1) is 17.3. The Labute approximate surface area is 137 Å². The summed E-state index contributed by atoms with van der Waals surface area (Å²) >= 11 is 0. The van der Waals surface area contributed by atoms with Gasteiger partial charge in [0, 0.05) is 25.4 Å². The van der Waals surface area contributed by atoms with Crippen molar-refractivity contribution in [3.8, 4) is 5.88 Å². The summed E-state index contributed by atoms with van der Waals surface area (Å²) in [6, 6.07) is 1.90. The lowest BCUT2D eigenvalue weighted by atomic mass is 9.93. The molecule has 1 saturated carbocycles. The quantitative estimate of drug-likeness (QED) is 0.886. The van der Waals surface area contributed by atoms with Gasteiger partial charge in [0.05, 0.1) is 0 Å². The Morgan fingerprint density at radius 2 is 1.96 bits per heavy atom. The molecule has 1 heterocycles. The molecule has 23 heavy (non-hydrogen) atoms. The lowest BCUT2D eigenvalue weighted by Crippen LogP contribution is -2.42. The average molecular weight is 322 g/mol. The Balaban J connectivity index is 1.76. The first-order valence-corrected chi connectivity index (χ1v) is 8.02. The van der Waals surface area contributed by atoms with Crippen molar-refractivity contribution in [2.75, 3.05) is 12.4 Å². The minimum absolute atomic E-state index is 0.117. The van der Waals surface area contributed by atoms with Gasteiger partial charge in [-0.2, -0.15) is 4.98 Å². The van der Waals surface area contributed by atoms with Crippen LogP contribution in [0.2, 0.25) is 0 Å². The summed E-state index contributed by atoms with van der Waals surface area (Å²) in [6.45, 7) is 5.58. The average Bonchev–Trinajstić information content (AvgIpc) is 2.47. The second-order valence-corrected chi connectivity index (χ2v) is 6.71. The Morgan fingerprint density at radius 1 is 1.26 bits per heavy atom. The fraction of sp³-hybridized carbons (Fsp3) is 0.688. The van der Waals surface area contributed by atoms with E-state index in [-0.39, 0.29) is 18.2 Å². The van der Waals surface area contributed by atoms with Crippen molar-refractivity contribution in [3.63, 3.8) is 0 Å². The number of alkyl carbamates (subject to hydrolysis) is 1. The SMILES string of the molecule is CNc1nccc(OC2CCC(NC(=O)OC(C)(C)C)CC2)n1. The van der Waals surface area contributed by atoms with Crippen LogP contribution in [-0.4, -0.2) is 40.9 Å². The molecule has 128 valence electrons. The van der Waals surface area contributed by atoms with Crippen molar-refractivity contribution >= 4 is 12.0 Å². The number of hydrogen-bond acceptors (Lipinski definition) is 6. The lowest BCUT2D eigenvalue weighted by molar-refractivity contribution is 0.0469. The Hall–Kier alpha value is -2.05. The number of ether oxygens (including phenoxy) is 2. The molecule has 0 saturated heterocycles. The van der Waals surface area contributed by atoms with E-state index < -0.39 is 5.60 Å². The van der Waals surface area contributed by atoms with E-state index in [2.05, 4.69) is 20.6 Å². The normalized spacial score (nSPS) is 21.4. The third kappa shape index (κ3) is 5.92. The van der Waals surface area contributed by atoms with E-state index in [0.717, 1.165) is 25.7 Å². The highest BCUT2D eigenvalue weighted by atomic mass is 16.6. The molecule has 0 atom stereocenters. The number of nitrogens with one attached hydrogen (secondary N) is 2. The molecule has 7 heteroatoms. The summed E-state index contributed by atoms with van der Waals surface area (Å²) < 4.78 is 11.2. The van der Waals surface area contributed by atoms with E-state index >= 15 is 0 Å². The van der Waals surface area contributed by atoms with E-state index in [9.17, 15) is 4.79 Å². The van der Waals surface area contributed by atoms with Gasteiger partial charge in [-0.25, -0.2) is 9.78 Å². The molecule has 7 nitrogen and oxygen atoms in total. The molecule has 1 aromatic heterocycles. The molecule has 1 aliphatic rings. The summed E-state index contributed by atoms with van der Waals surface area (Å²) in [6.07, 6.45) is 4.92. The molecule has 1 amide bonds. The highest BCUT2D eigenvalue weighted by molar-refractivity contribution is 5.68. The van der Waals surface area contributed by atoms with E-state index in [1.807, 2.05) is 20.8 Å². The van der Waals surface area contributed by atoms with Crippen LogP contribution < -0.4 is 15.4 Å². The third-order valence-electron chi connectivity index (χ3n) is 3.54. The van der Waals surface area contributed by atoms with Gasteiger partial charge in [0.1, 0.15) is 11.7 Å². The second kappa shape index (κ2) is 7.48. The predicted molar refractivity (Wildman–Crippen MR) is 87.6 cm³/mol. The summed E-state index contributed by atoms with van der Waals surface area (Å²) in [5.41, 5.74) is -0.470. The number of carbonyl (C=O) groups is 1. The van der Waals surface area contributed by atoms with Crippen LogP contribution in [0.4, 0.5) is 10.7 Å². The van der Waals surface area contributed by atoms with Gasteiger partial charge in [0.2, 0.25) is 11.8 Å². The van der Waals surface area contributed by atoms with Crippen LogP contribution in [0.1, 0.15) is 46.5 Å². The zero-order chi connectivity index (χ0) is 16.9. The molecular formula is C16H26N4O3. The monoisotopic (exact) mass is 322 g/mol. The molecule has 0 spiro atoms. The van der Waals surface area contributed by atoms with Crippen molar-refractivity contribution in [1.29, 1.82) is 0 Å². The topological polar surface area (TPSA) is 85.4 Å². The van der Waals surface area contributed by atoms with Crippen LogP contribution in [0.3, 0.4) is 0 Å². The van der Waals surface area contributed by atoms with E-state index in [0.29, 0.717) is 11.8 Å². The van der Waals surface area contributed by atoms with Gasteiger partial charge in [-0.05, 0) is 46.5 Å². The summed E-state index contributed by atoms with van der Waals surface area (Å²) in [7, 11) is 1.77. The molecule has 2 N–H and O–H groups in total. The van der Waals surface area contributed by atoms with Gasteiger partial charge in [-0.15, -0.1) is 0 Å². The smallest absolute Gasteiger partial charge is 0.407 e. The number of carbonyl (C=O) groups excluding carboxylic acids is 1. The van der Waals surface area contributed by atoms with Gasteiger partial charge in [-0.1, -0.05) is 0 Å². The summed E-state index contributed by atoms with van der Waals surface area (Å²) in [5, 5.41) is 5.81. The van der Waals surface area contributed by atoms with Gasteiger partial charge in [0.15, 0.2) is 0 Å². The maximum Gasteiger partial charge on any atom is 0.407 e. The molecule has 0 aromatic carbocycles. The van der Waals surface area contributed by atoms with Crippen LogP contribution in [0, 0.1) is 0 Å². The second-order valence-electron chi connectivity index (χ2n) is 6.71. The fourth-order valence-electron chi connectivity index (χ4n) is 2.50. The van der Waals surface area contributed by atoms with Crippen LogP contribution in [0.5, 0.6) is 5.88 Å². The number of amides is 1. The van der Waals surface area contributed by atoms with Crippen LogP contribution in [-0.2, 0) is 4.74 Å². The van der Waals surface area contributed by atoms with Crippen molar-refractivity contribution in [1.82, 2.24) is 15.3 Å². The third-order valence-corrected chi connectivity index (χ3v) is 3.54. The Bertz CT molecular complexity index is 522. The van der Waals surface area contributed by atoms with Crippen molar-refractivity contribution in [2.24, 2.45) is 0 Å². The molecule has 2 rings (SSSR count). The minimum atomic E-state index is -0.470.